The van der Waals surface area contributed by atoms with Gasteiger partial charge in [-0.1, -0.05) is 18.2 Å². The van der Waals surface area contributed by atoms with Crippen molar-refractivity contribution in [2.45, 2.75) is 43.8 Å². The number of nitrogens with one attached hydrogen (secondary N) is 4. The number of primary amides is 1. The first kappa shape index (κ1) is 27.8. The molecule has 4 amide bonds. The highest BCUT2D eigenvalue weighted by atomic mass is 16.4. The van der Waals surface area contributed by atoms with Gasteiger partial charge in [0.15, 0.2) is 0 Å². The van der Waals surface area contributed by atoms with E-state index in [0.717, 1.165) is 16.5 Å². The second-order valence-electron chi connectivity index (χ2n) is 8.01. The third-order valence-corrected chi connectivity index (χ3v) is 5.20. The zero-order chi connectivity index (χ0) is 26.8. The summed E-state index contributed by atoms with van der Waals surface area (Å²) < 4.78 is 0. The molecule has 3 unspecified atom stereocenters. The van der Waals surface area contributed by atoms with Crippen molar-refractivity contribution in [1.29, 1.82) is 0 Å². The number of carboxylic acid groups (broad SMARTS) is 2. The molecular formula is C22H28N6O8. The van der Waals surface area contributed by atoms with E-state index in [4.69, 9.17) is 21.7 Å². The van der Waals surface area contributed by atoms with E-state index in [1.54, 1.807) is 6.20 Å². The summed E-state index contributed by atoms with van der Waals surface area (Å²) in [6.07, 6.45) is 0.494. The first-order valence-electron chi connectivity index (χ1n) is 10.9. The Kier molecular flexibility index (Phi) is 9.92. The number of aromatic nitrogens is 1. The van der Waals surface area contributed by atoms with Crippen molar-refractivity contribution >= 4 is 46.5 Å². The van der Waals surface area contributed by atoms with Crippen molar-refractivity contribution in [2.75, 3.05) is 6.54 Å². The van der Waals surface area contributed by atoms with Crippen LogP contribution in [0, 0.1) is 0 Å². The Morgan fingerprint density at radius 2 is 1.67 bits per heavy atom. The number of hydrogen-bond donors (Lipinski definition) is 8. The fourth-order valence-electron chi connectivity index (χ4n) is 3.37. The molecule has 0 aliphatic carbocycles. The SMILES string of the molecule is NC(=O)CCC(NC(=O)CNC(=O)C(CC(=O)O)NC(=O)C(N)Cc1c[nH]c2ccccc12)C(=O)O. The summed E-state index contributed by atoms with van der Waals surface area (Å²) in [5.41, 5.74) is 12.6. The van der Waals surface area contributed by atoms with E-state index in [2.05, 4.69) is 20.9 Å². The Morgan fingerprint density at radius 3 is 2.31 bits per heavy atom. The van der Waals surface area contributed by atoms with Gasteiger partial charge < -0.3 is 42.6 Å². The Labute approximate surface area is 204 Å². The minimum Gasteiger partial charge on any atom is -0.481 e. The van der Waals surface area contributed by atoms with Crippen LogP contribution in [0.3, 0.4) is 0 Å². The molecule has 1 aromatic heterocycles. The standard InChI is InChI=1S/C22H28N6O8/c23-13(7-11-9-25-14-4-2-1-3-12(11)14)20(33)28-16(8-19(31)32)21(34)26-10-18(30)27-15(22(35)36)5-6-17(24)29/h1-4,9,13,15-16,25H,5-8,10,23H2,(H2,24,29)(H,26,34)(H,27,30)(H,28,33)(H,31,32)(H,35,36). The maximum Gasteiger partial charge on any atom is 0.326 e. The highest BCUT2D eigenvalue weighted by Gasteiger charge is 2.27. The number of rotatable bonds is 14. The van der Waals surface area contributed by atoms with Gasteiger partial charge in [0.1, 0.15) is 12.1 Å². The van der Waals surface area contributed by atoms with Crippen LogP contribution >= 0.6 is 0 Å². The van der Waals surface area contributed by atoms with E-state index in [0.29, 0.717) is 0 Å². The van der Waals surface area contributed by atoms with E-state index in [9.17, 15) is 28.8 Å². The van der Waals surface area contributed by atoms with Gasteiger partial charge in [-0.25, -0.2) is 4.79 Å². The average Bonchev–Trinajstić information content (AvgIpc) is 3.21. The first-order valence-corrected chi connectivity index (χ1v) is 10.9. The second-order valence-corrected chi connectivity index (χ2v) is 8.01. The smallest absolute Gasteiger partial charge is 0.326 e. The quantitative estimate of drug-likeness (QED) is 0.141. The number of aromatic amines is 1. The van der Waals surface area contributed by atoms with E-state index in [1.165, 1.54) is 0 Å². The maximum atomic E-state index is 12.6. The molecule has 0 aliphatic rings. The number of fused-ring (bicyclic) bond motifs is 1. The first-order chi connectivity index (χ1) is 17.0. The summed E-state index contributed by atoms with van der Waals surface area (Å²) >= 11 is 0. The van der Waals surface area contributed by atoms with Crippen LogP contribution in [-0.4, -0.2) is 75.4 Å². The highest BCUT2D eigenvalue weighted by molar-refractivity contribution is 5.95. The number of benzene rings is 1. The predicted molar refractivity (Wildman–Crippen MR) is 125 cm³/mol. The number of H-pyrrole nitrogens is 1. The van der Waals surface area contributed by atoms with Crippen LogP contribution in [0.5, 0.6) is 0 Å². The zero-order valence-corrected chi connectivity index (χ0v) is 19.2. The van der Waals surface area contributed by atoms with E-state index in [-0.39, 0.29) is 19.3 Å². The van der Waals surface area contributed by atoms with Crippen LogP contribution < -0.4 is 27.4 Å². The second kappa shape index (κ2) is 12.9. The molecule has 1 aromatic carbocycles. The van der Waals surface area contributed by atoms with Gasteiger partial charge >= 0.3 is 11.9 Å². The predicted octanol–water partition coefficient (Wildman–Crippen LogP) is -2.05. The summed E-state index contributed by atoms with van der Waals surface area (Å²) in [4.78, 5) is 73.4. The monoisotopic (exact) mass is 504 g/mol. The number of aliphatic carboxylic acids is 2. The van der Waals surface area contributed by atoms with Gasteiger partial charge in [0.05, 0.1) is 19.0 Å². The van der Waals surface area contributed by atoms with Crippen molar-refractivity contribution in [1.82, 2.24) is 20.9 Å². The number of hydrogen-bond acceptors (Lipinski definition) is 7. The van der Waals surface area contributed by atoms with E-state index < -0.39 is 66.7 Å². The van der Waals surface area contributed by atoms with Crippen molar-refractivity contribution < 1.29 is 39.0 Å². The largest absolute Gasteiger partial charge is 0.481 e. The molecule has 1 heterocycles. The molecule has 2 rings (SSSR count). The van der Waals surface area contributed by atoms with Crippen molar-refractivity contribution in [3.05, 3.63) is 36.0 Å². The lowest BCUT2D eigenvalue weighted by Crippen LogP contribution is -2.54. The molecule has 0 saturated carbocycles. The van der Waals surface area contributed by atoms with Gasteiger partial charge in [-0.3, -0.25) is 24.0 Å². The lowest BCUT2D eigenvalue weighted by atomic mass is 10.0. The van der Waals surface area contributed by atoms with Crippen LogP contribution in [-0.2, 0) is 35.2 Å². The van der Waals surface area contributed by atoms with Crippen LogP contribution in [0.1, 0.15) is 24.8 Å². The minimum absolute atomic E-state index is 0.113. The van der Waals surface area contributed by atoms with Crippen LogP contribution in [0.15, 0.2) is 30.5 Å². The third kappa shape index (κ3) is 8.39. The maximum absolute atomic E-state index is 12.6. The fraction of sp³-hybridized carbons (Fsp3) is 0.364. The average molecular weight is 505 g/mol. The van der Waals surface area contributed by atoms with Crippen LogP contribution in [0.2, 0.25) is 0 Å². The molecule has 0 fully saturated rings. The number of para-hydroxylation sites is 1. The summed E-state index contributed by atoms with van der Waals surface area (Å²) in [5.74, 6) is -6.21. The molecule has 2 aromatic rings. The molecule has 14 heteroatoms. The third-order valence-electron chi connectivity index (χ3n) is 5.20. The van der Waals surface area contributed by atoms with Crippen molar-refractivity contribution in [2.24, 2.45) is 11.5 Å². The highest BCUT2D eigenvalue weighted by Crippen LogP contribution is 2.18. The molecule has 10 N–H and O–H groups in total. The summed E-state index contributed by atoms with van der Waals surface area (Å²) in [5, 5.41) is 25.7. The van der Waals surface area contributed by atoms with Gasteiger partial charge in [0.25, 0.3) is 0 Å². The Morgan fingerprint density at radius 1 is 0.972 bits per heavy atom. The summed E-state index contributed by atoms with van der Waals surface area (Å²) in [6.45, 7) is -0.702. The van der Waals surface area contributed by atoms with Crippen LogP contribution in [0.25, 0.3) is 10.9 Å². The number of carbonyl (C=O) groups excluding carboxylic acids is 4. The topological polar surface area (TPSA) is 247 Å². The molecule has 0 aliphatic heterocycles. The molecule has 14 nitrogen and oxygen atoms in total. The molecule has 3 atom stereocenters. The number of amides is 4. The summed E-state index contributed by atoms with van der Waals surface area (Å²) in [6, 6.07) is 3.31. The van der Waals surface area contributed by atoms with Gasteiger partial charge in [0.2, 0.25) is 23.6 Å². The number of carboxylic acids is 2. The van der Waals surface area contributed by atoms with Gasteiger partial charge in [-0.05, 0) is 24.5 Å². The molecule has 0 spiro atoms. The van der Waals surface area contributed by atoms with E-state index in [1.807, 2.05) is 24.3 Å². The zero-order valence-electron chi connectivity index (χ0n) is 19.2. The minimum atomic E-state index is -1.54. The molecular weight excluding hydrogens is 476 g/mol. The van der Waals surface area contributed by atoms with Gasteiger partial charge in [-0.2, -0.15) is 0 Å². The number of nitrogens with two attached hydrogens (primary N) is 2. The van der Waals surface area contributed by atoms with Crippen molar-refractivity contribution in [3.63, 3.8) is 0 Å². The molecule has 36 heavy (non-hydrogen) atoms. The summed E-state index contributed by atoms with van der Waals surface area (Å²) in [7, 11) is 0. The van der Waals surface area contributed by atoms with Gasteiger partial charge in [0, 0.05) is 23.5 Å². The Bertz CT molecular complexity index is 1150. The van der Waals surface area contributed by atoms with Crippen molar-refractivity contribution in [3.8, 4) is 0 Å². The van der Waals surface area contributed by atoms with E-state index >= 15 is 0 Å². The molecule has 0 bridgehead atoms. The molecule has 0 radical (unpaired) electrons. The molecule has 194 valence electrons. The van der Waals surface area contributed by atoms with Gasteiger partial charge in [-0.15, -0.1) is 0 Å². The number of carbonyl (C=O) groups is 6. The Balaban J connectivity index is 1.95. The lowest BCUT2D eigenvalue weighted by molar-refractivity contribution is -0.142. The fourth-order valence-corrected chi connectivity index (χ4v) is 3.37. The molecule has 0 saturated heterocycles. The Hall–Kier alpha value is -4.46. The normalized spacial score (nSPS) is 13.2. The lowest BCUT2D eigenvalue weighted by Gasteiger charge is -2.20. The van der Waals surface area contributed by atoms with Crippen LogP contribution in [0.4, 0.5) is 0 Å².